The molecular weight excluding hydrogens is 416 g/mol. The number of thioether (sulfide) groups is 1. The van der Waals surface area contributed by atoms with Crippen LogP contribution in [0.25, 0.3) is 5.69 Å². The van der Waals surface area contributed by atoms with E-state index in [4.69, 9.17) is 14.2 Å². The number of rotatable bonds is 8. The second-order valence-electron chi connectivity index (χ2n) is 7.04. The van der Waals surface area contributed by atoms with E-state index >= 15 is 0 Å². The molecule has 31 heavy (non-hydrogen) atoms. The molecule has 0 unspecified atom stereocenters. The molecule has 0 spiro atoms. The maximum absolute atomic E-state index is 12.7. The second kappa shape index (κ2) is 9.30. The van der Waals surface area contributed by atoms with Crippen molar-refractivity contribution in [2.75, 3.05) is 24.8 Å². The van der Waals surface area contributed by atoms with Gasteiger partial charge in [0.25, 0.3) is 0 Å². The molecule has 0 saturated heterocycles. The van der Waals surface area contributed by atoms with Gasteiger partial charge in [-0.25, -0.2) is 0 Å². The normalized spacial score (nSPS) is 14.6. The number of anilines is 1. The Bertz CT molecular complexity index is 1070. The Labute approximate surface area is 184 Å². The van der Waals surface area contributed by atoms with Gasteiger partial charge in [0.1, 0.15) is 29.7 Å². The highest BCUT2D eigenvalue weighted by Gasteiger charge is 2.22. The highest BCUT2D eigenvalue weighted by molar-refractivity contribution is 7.99. The molecule has 9 heteroatoms. The molecular formula is C22H24N4O4S. The molecule has 1 atom stereocenters. The van der Waals surface area contributed by atoms with E-state index in [0.717, 1.165) is 29.2 Å². The molecule has 1 aliphatic rings. The first-order chi connectivity index (χ1) is 15.1. The first-order valence-electron chi connectivity index (χ1n) is 10.0. The van der Waals surface area contributed by atoms with E-state index in [1.165, 1.54) is 11.8 Å². The summed E-state index contributed by atoms with van der Waals surface area (Å²) in [5.74, 6) is 2.22. The number of amides is 1. The maximum atomic E-state index is 12.7. The van der Waals surface area contributed by atoms with Crippen LogP contribution < -0.4 is 19.5 Å². The lowest BCUT2D eigenvalue weighted by Gasteiger charge is -2.13. The maximum Gasteiger partial charge on any atom is 0.234 e. The number of methoxy groups -OCH3 is 1. The average molecular weight is 441 g/mol. The van der Waals surface area contributed by atoms with Crippen molar-refractivity contribution < 1.29 is 19.0 Å². The van der Waals surface area contributed by atoms with Gasteiger partial charge in [0.15, 0.2) is 5.16 Å². The molecule has 0 aliphatic carbocycles. The number of carbonyl (C=O) groups excluding carboxylic acids is 1. The zero-order chi connectivity index (χ0) is 21.8. The molecule has 0 fully saturated rings. The molecule has 0 radical (unpaired) electrons. The summed E-state index contributed by atoms with van der Waals surface area (Å²) in [6.07, 6.45) is 2.57. The average Bonchev–Trinajstić information content (AvgIpc) is 3.38. The second-order valence-corrected chi connectivity index (χ2v) is 7.98. The van der Waals surface area contributed by atoms with Gasteiger partial charge < -0.3 is 19.5 Å². The minimum absolute atomic E-state index is 0.121. The summed E-state index contributed by atoms with van der Waals surface area (Å²) >= 11 is 1.30. The van der Waals surface area contributed by atoms with Crippen LogP contribution in [0.1, 0.15) is 19.4 Å². The van der Waals surface area contributed by atoms with Crippen molar-refractivity contribution >= 4 is 23.4 Å². The zero-order valence-electron chi connectivity index (χ0n) is 17.6. The quantitative estimate of drug-likeness (QED) is 0.534. The van der Waals surface area contributed by atoms with E-state index in [2.05, 4.69) is 15.5 Å². The SMILES string of the molecule is CCOc1cc2c(cc1NC(=O)CSc1nncn1-c1ccc(OC)cc1)O[C@@H](C)C2. The zero-order valence-corrected chi connectivity index (χ0v) is 18.4. The molecule has 0 saturated carbocycles. The fourth-order valence-electron chi connectivity index (χ4n) is 3.37. The topological polar surface area (TPSA) is 87.5 Å². The Morgan fingerprint density at radius 3 is 2.87 bits per heavy atom. The van der Waals surface area contributed by atoms with Crippen LogP contribution in [0.15, 0.2) is 47.9 Å². The van der Waals surface area contributed by atoms with Crippen molar-refractivity contribution in [1.82, 2.24) is 14.8 Å². The van der Waals surface area contributed by atoms with Crippen molar-refractivity contribution in [1.29, 1.82) is 0 Å². The number of carbonyl (C=O) groups is 1. The lowest BCUT2D eigenvalue weighted by molar-refractivity contribution is -0.113. The van der Waals surface area contributed by atoms with Crippen molar-refractivity contribution in [3.63, 3.8) is 0 Å². The van der Waals surface area contributed by atoms with Gasteiger partial charge in [-0.05, 0) is 44.2 Å². The molecule has 162 valence electrons. The molecule has 3 aromatic rings. The number of nitrogens with one attached hydrogen (secondary N) is 1. The van der Waals surface area contributed by atoms with Crippen molar-refractivity contribution in [3.05, 3.63) is 48.3 Å². The van der Waals surface area contributed by atoms with Crippen LogP contribution in [-0.4, -0.2) is 46.2 Å². The third-order valence-corrected chi connectivity index (χ3v) is 5.71. The minimum atomic E-state index is -0.166. The molecule has 1 amide bonds. The molecule has 1 aliphatic heterocycles. The number of benzene rings is 2. The lowest BCUT2D eigenvalue weighted by atomic mass is 10.1. The van der Waals surface area contributed by atoms with E-state index in [1.54, 1.807) is 13.4 Å². The molecule has 1 N–H and O–H groups in total. The van der Waals surface area contributed by atoms with Crippen LogP contribution in [0.2, 0.25) is 0 Å². The van der Waals surface area contributed by atoms with Crippen LogP contribution in [-0.2, 0) is 11.2 Å². The van der Waals surface area contributed by atoms with Gasteiger partial charge in [-0.1, -0.05) is 11.8 Å². The van der Waals surface area contributed by atoms with E-state index in [9.17, 15) is 4.79 Å². The van der Waals surface area contributed by atoms with Crippen molar-refractivity contribution in [3.8, 4) is 22.9 Å². The van der Waals surface area contributed by atoms with Crippen LogP contribution in [0, 0.1) is 0 Å². The highest BCUT2D eigenvalue weighted by atomic mass is 32.2. The highest BCUT2D eigenvalue weighted by Crippen LogP contribution is 2.38. The molecule has 0 bridgehead atoms. The fourth-order valence-corrected chi connectivity index (χ4v) is 4.10. The molecule has 8 nitrogen and oxygen atoms in total. The van der Waals surface area contributed by atoms with Gasteiger partial charge >= 0.3 is 0 Å². The Balaban J connectivity index is 1.44. The summed E-state index contributed by atoms with van der Waals surface area (Å²) < 4.78 is 18.6. The molecule has 2 aromatic carbocycles. The number of hydrogen-bond acceptors (Lipinski definition) is 7. The Morgan fingerprint density at radius 1 is 1.32 bits per heavy atom. The number of nitrogens with zero attached hydrogens (tertiary/aromatic N) is 3. The van der Waals surface area contributed by atoms with Crippen LogP contribution in [0.4, 0.5) is 5.69 Å². The van der Waals surface area contributed by atoms with E-state index in [0.29, 0.717) is 23.2 Å². The first kappa shape index (κ1) is 21.0. The summed E-state index contributed by atoms with van der Waals surface area (Å²) in [5, 5.41) is 11.7. The Morgan fingerprint density at radius 2 is 2.13 bits per heavy atom. The lowest BCUT2D eigenvalue weighted by Crippen LogP contribution is -2.15. The van der Waals surface area contributed by atoms with Crippen molar-refractivity contribution in [2.45, 2.75) is 31.5 Å². The van der Waals surface area contributed by atoms with Gasteiger partial charge in [-0.2, -0.15) is 0 Å². The van der Waals surface area contributed by atoms with Crippen LogP contribution in [0.5, 0.6) is 17.2 Å². The van der Waals surface area contributed by atoms with Gasteiger partial charge in [0.2, 0.25) is 5.91 Å². The minimum Gasteiger partial charge on any atom is -0.497 e. The smallest absolute Gasteiger partial charge is 0.234 e. The van der Waals surface area contributed by atoms with E-state index < -0.39 is 0 Å². The number of aromatic nitrogens is 3. The number of fused-ring (bicyclic) bond motifs is 1. The summed E-state index contributed by atoms with van der Waals surface area (Å²) in [6.45, 7) is 4.45. The van der Waals surface area contributed by atoms with Crippen LogP contribution in [0.3, 0.4) is 0 Å². The predicted molar refractivity (Wildman–Crippen MR) is 119 cm³/mol. The van der Waals surface area contributed by atoms with Gasteiger partial charge in [0.05, 0.1) is 25.2 Å². The van der Waals surface area contributed by atoms with Gasteiger partial charge in [0, 0.05) is 23.7 Å². The molecule has 2 heterocycles. The van der Waals surface area contributed by atoms with Gasteiger partial charge in [-0.15, -0.1) is 10.2 Å². The fraction of sp³-hybridized carbons (Fsp3) is 0.318. The van der Waals surface area contributed by atoms with Crippen LogP contribution >= 0.6 is 11.8 Å². The number of ether oxygens (including phenoxy) is 3. The number of hydrogen-bond donors (Lipinski definition) is 1. The third kappa shape index (κ3) is 4.77. The molecule has 4 rings (SSSR count). The van der Waals surface area contributed by atoms with Gasteiger partial charge in [-0.3, -0.25) is 9.36 Å². The molecule has 1 aromatic heterocycles. The third-order valence-electron chi connectivity index (χ3n) is 4.77. The summed E-state index contributed by atoms with van der Waals surface area (Å²) in [6, 6.07) is 11.3. The van der Waals surface area contributed by atoms with E-state index in [1.807, 2.05) is 54.8 Å². The predicted octanol–water partition coefficient (Wildman–Crippen LogP) is 3.73. The largest absolute Gasteiger partial charge is 0.497 e. The standard InChI is InChI=1S/C22H24N4O4S/c1-4-29-20-10-15-9-14(2)30-19(15)11-18(20)24-21(27)12-31-22-25-23-13-26(22)16-5-7-17(28-3)8-6-16/h5-8,10-11,13-14H,4,9,12H2,1-3H3,(H,24,27)/t14-/m0/s1. The summed E-state index contributed by atoms with van der Waals surface area (Å²) in [7, 11) is 1.62. The van der Waals surface area contributed by atoms with Crippen molar-refractivity contribution in [2.24, 2.45) is 0 Å². The summed E-state index contributed by atoms with van der Waals surface area (Å²) in [5.41, 5.74) is 2.59. The Kier molecular flexibility index (Phi) is 6.31. The van der Waals surface area contributed by atoms with E-state index in [-0.39, 0.29) is 17.8 Å². The Hall–Kier alpha value is -3.20. The monoisotopic (exact) mass is 440 g/mol. The first-order valence-corrected chi connectivity index (χ1v) is 11.0. The summed E-state index contributed by atoms with van der Waals surface area (Å²) in [4.78, 5) is 12.7.